The van der Waals surface area contributed by atoms with E-state index in [1.807, 2.05) is 45.9 Å². The van der Waals surface area contributed by atoms with Crippen LogP contribution in [0.2, 0.25) is 0 Å². The van der Waals surface area contributed by atoms with Gasteiger partial charge in [0.1, 0.15) is 0 Å². The third-order valence-corrected chi connectivity index (χ3v) is 6.76. The molecule has 0 N–H and O–H groups in total. The zero-order chi connectivity index (χ0) is 22.5. The summed E-state index contributed by atoms with van der Waals surface area (Å²) < 4.78 is 5.34. The number of hydrogen-bond donors (Lipinski definition) is 0. The van der Waals surface area contributed by atoms with E-state index in [4.69, 9.17) is 4.74 Å². The van der Waals surface area contributed by atoms with Crippen LogP contribution in [0.5, 0.6) is 0 Å². The topological polar surface area (TPSA) is 73.4 Å². The van der Waals surface area contributed by atoms with Gasteiger partial charge in [-0.15, -0.1) is 0 Å². The zero-order valence-corrected chi connectivity index (χ0v) is 19.0. The molecule has 174 valence electrons. The van der Waals surface area contributed by atoms with Crippen molar-refractivity contribution in [2.45, 2.75) is 19.8 Å². The fourth-order valence-corrected chi connectivity index (χ4v) is 4.73. The van der Waals surface area contributed by atoms with Gasteiger partial charge in [0.2, 0.25) is 11.8 Å². The molecule has 3 aliphatic rings. The molecule has 1 aromatic carbocycles. The summed E-state index contributed by atoms with van der Waals surface area (Å²) in [5.41, 5.74) is 1.80. The van der Waals surface area contributed by atoms with Gasteiger partial charge in [0.05, 0.1) is 25.7 Å². The molecule has 0 aliphatic carbocycles. The van der Waals surface area contributed by atoms with E-state index in [2.05, 4.69) is 4.90 Å². The molecule has 3 saturated heterocycles. The van der Waals surface area contributed by atoms with Crippen molar-refractivity contribution in [1.29, 1.82) is 0 Å². The Labute approximate surface area is 190 Å². The average molecular weight is 443 g/mol. The second-order valence-electron chi connectivity index (χ2n) is 9.05. The van der Waals surface area contributed by atoms with Crippen molar-refractivity contribution in [3.63, 3.8) is 0 Å². The smallest absolute Gasteiger partial charge is 0.253 e. The summed E-state index contributed by atoms with van der Waals surface area (Å²) in [6, 6.07) is 7.60. The van der Waals surface area contributed by atoms with E-state index in [1.165, 1.54) is 0 Å². The van der Waals surface area contributed by atoms with Crippen LogP contribution in [0.4, 0.5) is 0 Å². The number of amides is 3. The number of rotatable bonds is 4. The van der Waals surface area contributed by atoms with E-state index in [1.54, 1.807) is 0 Å². The van der Waals surface area contributed by atoms with Crippen LogP contribution in [0, 0.1) is 12.8 Å². The molecule has 1 aromatic rings. The summed E-state index contributed by atoms with van der Waals surface area (Å²) in [6.45, 7) is 8.83. The molecule has 0 aromatic heterocycles. The Morgan fingerprint density at radius 3 is 2.22 bits per heavy atom. The molecule has 3 fully saturated rings. The lowest BCUT2D eigenvalue weighted by Crippen LogP contribution is -2.55. The molecule has 32 heavy (non-hydrogen) atoms. The number of aryl methyl sites for hydroxylation is 1. The van der Waals surface area contributed by atoms with Crippen LogP contribution in [0.15, 0.2) is 24.3 Å². The van der Waals surface area contributed by atoms with E-state index in [0.717, 1.165) is 31.5 Å². The maximum atomic E-state index is 13.2. The summed E-state index contributed by atoms with van der Waals surface area (Å²) in [4.78, 5) is 46.3. The maximum absolute atomic E-state index is 13.2. The lowest BCUT2D eigenvalue weighted by atomic mass is 9.95. The molecule has 0 bridgehead atoms. The molecule has 3 heterocycles. The van der Waals surface area contributed by atoms with Gasteiger partial charge in [-0.3, -0.25) is 19.3 Å². The van der Waals surface area contributed by atoms with E-state index in [0.29, 0.717) is 64.6 Å². The summed E-state index contributed by atoms with van der Waals surface area (Å²) in [5.74, 6) is 0.0907. The Kier molecular flexibility index (Phi) is 7.42. The van der Waals surface area contributed by atoms with Crippen molar-refractivity contribution in [2.75, 3.05) is 72.1 Å². The number of benzene rings is 1. The number of piperazine rings is 1. The Bertz CT molecular complexity index is 814. The fourth-order valence-electron chi connectivity index (χ4n) is 4.73. The van der Waals surface area contributed by atoms with E-state index >= 15 is 0 Å². The fraction of sp³-hybridized carbons (Fsp3) is 0.625. The molecule has 0 saturated carbocycles. The monoisotopic (exact) mass is 442 g/mol. The first-order valence-corrected chi connectivity index (χ1v) is 11.7. The van der Waals surface area contributed by atoms with Gasteiger partial charge in [0, 0.05) is 57.9 Å². The largest absolute Gasteiger partial charge is 0.379 e. The third-order valence-electron chi connectivity index (χ3n) is 6.76. The first-order valence-electron chi connectivity index (χ1n) is 11.7. The number of ether oxygens (including phenoxy) is 1. The van der Waals surface area contributed by atoms with Crippen LogP contribution >= 0.6 is 0 Å². The number of hydrogen-bond acceptors (Lipinski definition) is 5. The van der Waals surface area contributed by atoms with Crippen LogP contribution in [0.3, 0.4) is 0 Å². The molecule has 0 radical (unpaired) electrons. The van der Waals surface area contributed by atoms with E-state index < -0.39 is 0 Å². The summed E-state index contributed by atoms with van der Waals surface area (Å²) >= 11 is 0. The Morgan fingerprint density at radius 1 is 0.875 bits per heavy atom. The minimum atomic E-state index is -0.159. The molecular weight excluding hydrogens is 408 g/mol. The van der Waals surface area contributed by atoms with E-state index in [-0.39, 0.29) is 23.6 Å². The first-order chi connectivity index (χ1) is 15.5. The van der Waals surface area contributed by atoms with Crippen LogP contribution in [-0.4, -0.2) is 109 Å². The maximum Gasteiger partial charge on any atom is 0.253 e. The van der Waals surface area contributed by atoms with Crippen molar-refractivity contribution >= 4 is 17.7 Å². The molecule has 0 spiro atoms. The van der Waals surface area contributed by atoms with Gasteiger partial charge in [-0.25, -0.2) is 0 Å². The number of likely N-dealkylation sites (tertiary alicyclic amines) is 1. The highest BCUT2D eigenvalue weighted by Crippen LogP contribution is 2.22. The highest BCUT2D eigenvalue weighted by Gasteiger charge is 2.33. The van der Waals surface area contributed by atoms with Crippen LogP contribution in [0.25, 0.3) is 0 Å². The minimum Gasteiger partial charge on any atom is -0.379 e. The van der Waals surface area contributed by atoms with E-state index in [9.17, 15) is 14.4 Å². The van der Waals surface area contributed by atoms with Crippen molar-refractivity contribution in [1.82, 2.24) is 19.6 Å². The van der Waals surface area contributed by atoms with Crippen molar-refractivity contribution < 1.29 is 19.1 Å². The number of morpholine rings is 1. The van der Waals surface area contributed by atoms with Gasteiger partial charge in [-0.1, -0.05) is 17.7 Å². The van der Waals surface area contributed by atoms with Gasteiger partial charge in [0.25, 0.3) is 5.91 Å². The molecule has 1 atom stereocenters. The predicted molar refractivity (Wildman–Crippen MR) is 120 cm³/mol. The predicted octanol–water partition coefficient (Wildman–Crippen LogP) is 0.850. The van der Waals surface area contributed by atoms with Gasteiger partial charge in [-0.2, -0.15) is 0 Å². The molecule has 8 nitrogen and oxygen atoms in total. The van der Waals surface area contributed by atoms with Crippen LogP contribution < -0.4 is 0 Å². The highest BCUT2D eigenvalue weighted by molar-refractivity contribution is 5.94. The third kappa shape index (κ3) is 5.48. The van der Waals surface area contributed by atoms with Crippen molar-refractivity contribution in [2.24, 2.45) is 5.92 Å². The van der Waals surface area contributed by atoms with Gasteiger partial charge in [0.15, 0.2) is 0 Å². The second-order valence-corrected chi connectivity index (χ2v) is 9.05. The average Bonchev–Trinajstić information content (AvgIpc) is 2.84. The van der Waals surface area contributed by atoms with Gasteiger partial charge >= 0.3 is 0 Å². The first kappa shape index (κ1) is 22.7. The van der Waals surface area contributed by atoms with Crippen molar-refractivity contribution in [3.8, 4) is 0 Å². The molecule has 3 aliphatic heterocycles. The zero-order valence-electron chi connectivity index (χ0n) is 19.0. The number of nitrogens with zero attached hydrogens (tertiary/aromatic N) is 4. The molecule has 1 unspecified atom stereocenters. The second kappa shape index (κ2) is 10.4. The Balaban J connectivity index is 1.26. The minimum absolute atomic E-state index is 0.000953. The molecule has 8 heteroatoms. The number of carbonyl (C=O) groups excluding carboxylic acids is 3. The SMILES string of the molecule is Cc1ccc(C(=O)N2CCCC(C(=O)N3CCN(C(=O)CN4CCOCC4)CC3)C2)cc1. The Morgan fingerprint density at radius 2 is 1.53 bits per heavy atom. The van der Waals surface area contributed by atoms with Gasteiger partial charge < -0.3 is 19.4 Å². The highest BCUT2D eigenvalue weighted by atomic mass is 16.5. The van der Waals surface area contributed by atoms with Gasteiger partial charge in [-0.05, 0) is 31.9 Å². The standard InChI is InChI=1S/C24H34N4O4/c1-19-4-6-20(7-5-19)23(30)28-8-2-3-21(17-28)24(31)27-11-9-26(10-12-27)22(29)18-25-13-15-32-16-14-25/h4-7,21H,2-3,8-18H2,1H3. The normalized spacial score (nSPS) is 22.7. The number of piperidine rings is 1. The summed E-state index contributed by atoms with van der Waals surface area (Å²) in [6.07, 6.45) is 1.65. The summed E-state index contributed by atoms with van der Waals surface area (Å²) in [7, 11) is 0. The quantitative estimate of drug-likeness (QED) is 0.691. The molecule has 3 amide bonds. The summed E-state index contributed by atoms with van der Waals surface area (Å²) in [5, 5.41) is 0. The molecular formula is C24H34N4O4. The number of carbonyl (C=O) groups is 3. The lowest BCUT2D eigenvalue weighted by molar-refractivity contribution is -0.144. The van der Waals surface area contributed by atoms with Crippen molar-refractivity contribution in [3.05, 3.63) is 35.4 Å². The lowest BCUT2D eigenvalue weighted by Gasteiger charge is -2.39. The van der Waals surface area contributed by atoms with Crippen LogP contribution in [0.1, 0.15) is 28.8 Å². The molecule has 4 rings (SSSR count). The van der Waals surface area contributed by atoms with Crippen LogP contribution in [-0.2, 0) is 14.3 Å². The Hall–Kier alpha value is -2.45.